The van der Waals surface area contributed by atoms with Gasteiger partial charge in [0.2, 0.25) is 0 Å². The van der Waals surface area contributed by atoms with Gasteiger partial charge in [-0.1, -0.05) is 170 Å². The molecule has 1 spiro atoms. The molecular weight excluding hydrogens is 649 g/mol. The summed E-state index contributed by atoms with van der Waals surface area (Å²) in [6, 6.07) is 65.6. The molecule has 11 rings (SSSR count). The molecule has 0 saturated carbocycles. The van der Waals surface area contributed by atoms with Gasteiger partial charge in [0.05, 0.1) is 16.8 Å². The standard InChI is InChI=1S/C49H30N2S/c1-3-14-31(15-4-1)32-26-28-34(29-27-32)43-30-42(33-16-5-2-6-17-33)50-48(51-43)38-21-13-24-41-45(38)46-37-20-9-12-25-44(37)52-47(46)49(41)39-22-10-7-18-35(39)36-19-8-11-23-40(36)49/h1-30H. The van der Waals surface area contributed by atoms with Crippen LogP contribution in [0.2, 0.25) is 0 Å². The number of benzene rings is 7. The Balaban J connectivity index is 1.19. The van der Waals surface area contributed by atoms with Crippen LogP contribution in [0, 0.1) is 0 Å². The smallest absolute Gasteiger partial charge is 0.161 e. The molecule has 0 bridgehead atoms. The summed E-state index contributed by atoms with van der Waals surface area (Å²) in [5.41, 5.74) is 16.1. The number of hydrogen-bond acceptors (Lipinski definition) is 3. The summed E-state index contributed by atoms with van der Waals surface area (Å²) in [6.45, 7) is 0. The molecule has 0 fully saturated rings. The van der Waals surface area contributed by atoms with Crippen LogP contribution in [0.5, 0.6) is 0 Å². The van der Waals surface area contributed by atoms with Gasteiger partial charge in [-0.3, -0.25) is 0 Å². The van der Waals surface area contributed by atoms with Crippen LogP contribution < -0.4 is 0 Å². The Hall–Kier alpha value is -6.42. The fourth-order valence-corrected chi connectivity index (χ4v) is 10.2. The van der Waals surface area contributed by atoms with Gasteiger partial charge in [-0.25, -0.2) is 9.97 Å². The Morgan fingerprint density at radius 3 is 1.58 bits per heavy atom. The molecule has 0 amide bonds. The number of fused-ring (bicyclic) bond motifs is 12. The highest BCUT2D eigenvalue weighted by atomic mass is 32.1. The molecule has 2 aliphatic rings. The SMILES string of the molecule is c1ccc(-c2ccc(-c3cc(-c4ccccc4)nc(-c4cccc5c4-c4c(sc6ccccc46)C54c5ccccc5-c5ccccc54)n3)cc2)cc1. The zero-order valence-electron chi connectivity index (χ0n) is 28.1. The molecular formula is C49H30N2S. The van der Waals surface area contributed by atoms with Crippen molar-refractivity contribution in [1.82, 2.24) is 9.97 Å². The van der Waals surface area contributed by atoms with Crippen molar-refractivity contribution < 1.29 is 0 Å². The molecule has 2 heterocycles. The summed E-state index contributed by atoms with van der Waals surface area (Å²) in [4.78, 5) is 12.2. The molecule has 0 saturated heterocycles. The van der Waals surface area contributed by atoms with E-state index in [1.807, 2.05) is 11.3 Å². The van der Waals surface area contributed by atoms with E-state index in [-0.39, 0.29) is 0 Å². The van der Waals surface area contributed by atoms with E-state index in [0.29, 0.717) is 0 Å². The fourth-order valence-electron chi connectivity index (χ4n) is 8.71. The highest BCUT2D eigenvalue weighted by Gasteiger charge is 2.54. The van der Waals surface area contributed by atoms with Crippen LogP contribution in [-0.2, 0) is 5.41 Å². The highest BCUT2D eigenvalue weighted by molar-refractivity contribution is 7.20. The van der Waals surface area contributed by atoms with E-state index in [2.05, 4.69) is 182 Å². The maximum Gasteiger partial charge on any atom is 0.161 e. The van der Waals surface area contributed by atoms with Gasteiger partial charge in [-0.05, 0) is 56.6 Å². The molecule has 7 aromatic carbocycles. The number of aromatic nitrogens is 2. The average molecular weight is 679 g/mol. The molecule has 2 nitrogen and oxygen atoms in total. The van der Waals surface area contributed by atoms with Crippen molar-refractivity contribution in [2.45, 2.75) is 5.41 Å². The lowest BCUT2D eigenvalue weighted by atomic mass is 9.73. The van der Waals surface area contributed by atoms with E-state index in [1.165, 1.54) is 65.0 Å². The Morgan fingerprint density at radius 2 is 0.885 bits per heavy atom. The largest absolute Gasteiger partial charge is 0.228 e. The monoisotopic (exact) mass is 678 g/mol. The molecule has 0 radical (unpaired) electrons. The van der Waals surface area contributed by atoms with Crippen LogP contribution in [-0.4, -0.2) is 9.97 Å². The topological polar surface area (TPSA) is 25.8 Å². The third kappa shape index (κ3) is 4.11. The van der Waals surface area contributed by atoms with Gasteiger partial charge in [0.15, 0.2) is 5.82 Å². The molecule has 3 heteroatoms. The van der Waals surface area contributed by atoms with Crippen LogP contribution in [0.3, 0.4) is 0 Å². The summed E-state index contributed by atoms with van der Waals surface area (Å²) in [6.07, 6.45) is 0. The molecule has 0 atom stereocenters. The van der Waals surface area contributed by atoms with E-state index in [9.17, 15) is 0 Å². The fraction of sp³-hybridized carbons (Fsp3) is 0.0204. The lowest BCUT2D eigenvalue weighted by Crippen LogP contribution is -2.24. The molecule has 2 aromatic heterocycles. The van der Waals surface area contributed by atoms with E-state index in [0.717, 1.165) is 33.9 Å². The summed E-state index contributed by atoms with van der Waals surface area (Å²) in [5, 5.41) is 1.28. The first-order valence-electron chi connectivity index (χ1n) is 17.7. The van der Waals surface area contributed by atoms with Crippen molar-refractivity contribution in [3.63, 3.8) is 0 Å². The van der Waals surface area contributed by atoms with Crippen molar-refractivity contribution >= 4 is 21.4 Å². The normalized spacial score (nSPS) is 13.2. The van der Waals surface area contributed by atoms with Crippen LogP contribution in [0.15, 0.2) is 182 Å². The van der Waals surface area contributed by atoms with Crippen LogP contribution in [0.1, 0.15) is 21.6 Å². The first kappa shape index (κ1) is 29.3. The first-order chi connectivity index (χ1) is 25.8. The van der Waals surface area contributed by atoms with Crippen LogP contribution in [0.4, 0.5) is 0 Å². The maximum atomic E-state index is 5.41. The lowest BCUT2D eigenvalue weighted by molar-refractivity contribution is 0.812. The minimum atomic E-state index is -0.426. The van der Waals surface area contributed by atoms with Gasteiger partial charge >= 0.3 is 0 Å². The highest BCUT2D eigenvalue weighted by Crippen LogP contribution is 2.67. The summed E-state index contributed by atoms with van der Waals surface area (Å²) < 4.78 is 1.30. The second-order valence-electron chi connectivity index (χ2n) is 13.6. The van der Waals surface area contributed by atoms with E-state index >= 15 is 0 Å². The maximum absolute atomic E-state index is 5.41. The van der Waals surface area contributed by atoms with Crippen LogP contribution >= 0.6 is 11.3 Å². The predicted octanol–water partition coefficient (Wildman–Crippen LogP) is 12.7. The van der Waals surface area contributed by atoms with Gasteiger partial charge in [-0.2, -0.15) is 0 Å². The lowest BCUT2D eigenvalue weighted by Gasteiger charge is -2.29. The molecule has 2 aliphatic carbocycles. The van der Waals surface area contributed by atoms with Crippen molar-refractivity contribution in [2.24, 2.45) is 0 Å². The molecule has 242 valence electrons. The Bertz CT molecular complexity index is 2790. The third-order valence-electron chi connectivity index (χ3n) is 10.9. The van der Waals surface area contributed by atoms with Crippen molar-refractivity contribution in [3.8, 4) is 67.3 Å². The Morgan fingerprint density at radius 1 is 0.385 bits per heavy atom. The van der Waals surface area contributed by atoms with Gasteiger partial charge in [0.25, 0.3) is 0 Å². The van der Waals surface area contributed by atoms with Crippen molar-refractivity contribution in [1.29, 1.82) is 0 Å². The second kappa shape index (κ2) is 11.3. The number of nitrogens with zero attached hydrogens (tertiary/aromatic N) is 2. The van der Waals surface area contributed by atoms with Gasteiger partial charge in [0, 0.05) is 37.2 Å². The van der Waals surface area contributed by atoms with Gasteiger partial charge < -0.3 is 0 Å². The summed E-state index contributed by atoms with van der Waals surface area (Å²) in [5.74, 6) is 0.734. The number of rotatable bonds is 4. The quantitative estimate of drug-likeness (QED) is 0.185. The summed E-state index contributed by atoms with van der Waals surface area (Å²) in [7, 11) is 0. The first-order valence-corrected chi connectivity index (χ1v) is 18.6. The predicted molar refractivity (Wildman–Crippen MR) is 215 cm³/mol. The Labute approximate surface area is 306 Å². The molecule has 9 aromatic rings. The Kier molecular flexibility index (Phi) is 6.37. The molecule has 0 aliphatic heterocycles. The van der Waals surface area contributed by atoms with E-state index in [1.54, 1.807) is 0 Å². The second-order valence-corrected chi connectivity index (χ2v) is 14.7. The average Bonchev–Trinajstić information content (AvgIpc) is 3.85. The number of thiophene rings is 1. The minimum absolute atomic E-state index is 0.426. The molecule has 0 unspecified atom stereocenters. The van der Waals surface area contributed by atoms with E-state index in [4.69, 9.17) is 9.97 Å². The zero-order valence-corrected chi connectivity index (χ0v) is 28.9. The van der Waals surface area contributed by atoms with Crippen LogP contribution in [0.25, 0.3) is 77.4 Å². The van der Waals surface area contributed by atoms with Gasteiger partial charge in [-0.15, -0.1) is 11.3 Å². The zero-order chi connectivity index (χ0) is 34.2. The molecule has 0 N–H and O–H groups in total. The molecule has 52 heavy (non-hydrogen) atoms. The van der Waals surface area contributed by atoms with Crippen molar-refractivity contribution in [2.75, 3.05) is 0 Å². The minimum Gasteiger partial charge on any atom is -0.228 e. The third-order valence-corrected chi connectivity index (χ3v) is 12.2. The summed E-state index contributed by atoms with van der Waals surface area (Å²) >= 11 is 1.93. The number of hydrogen-bond donors (Lipinski definition) is 0. The van der Waals surface area contributed by atoms with Crippen molar-refractivity contribution in [3.05, 3.63) is 204 Å². The van der Waals surface area contributed by atoms with E-state index < -0.39 is 5.41 Å². The van der Waals surface area contributed by atoms with Gasteiger partial charge in [0.1, 0.15) is 0 Å².